The van der Waals surface area contributed by atoms with Crippen molar-refractivity contribution in [2.45, 2.75) is 26.3 Å². The molecular formula is C11H15BrN2O. The van der Waals surface area contributed by atoms with Crippen LogP contribution in [0.3, 0.4) is 0 Å². The first-order valence-corrected chi connectivity index (χ1v) is 5.87. The van der Waals surface area contributed by atoms with Crippen molar-refractivity contribution in [3.05, 3.63) is 29.6 Å². The van der Waals surface area contributed by atoms with E-state index in [1.165, 1.54) is 0 Å². The van der Waals surface area contributed by atoms with Gasteiger partial charge in [-0.1, -0.05) is 15.9 Å². The number of hydrogen-bond acceptors (Lipinski definition) is 2. The molecule has 1 aromatic heterocycles. The van der Waals surface area contributed by atoms with Crippen molar-refractivity contribution in [1.82, 2.24) is 10.3 Å². The topological polar surface area (TPSA) is 42.0 Å². The van der Waals surface area contributed by atoms with Gasteiger partial charge in [-0.05, 0) is 32.4 Å². The van der Waals surface area contributed by atoms with Gasteiger partial charge in [0.05, 0.1) is 5.56 Å². The van der Waals surface area contributed by atoms with Crippen LogP contribution in [-0.4, -0.2) is 21.8 Å². The van der Waals surface area contributed by atoms with E-state index in [2.05, 4.69) is 26.2 Å². The molecule has 1 amide bonds. The Morgan fingerprint density at radius 2 is 2.20 bits per heavy atom. The van der Waals surface area contributed by atoms with E-state index >= 15 is 0 Å². The summed E-state index contributed by atoms with van der Waals surface area (Å²) < 4.78 is 0. The Kier molecular flexibility index (Phi) is 3.85. The Hall–Kier alpha value is -0.900. The first-order valence-electron chi connectivity index (χ1n) is 4.75. The van der Waals surface area contributed by atoms with Crippen LogP contribution in [-0.2, 0) is 0 Å². The van der Waals surface area contributed by atoms with Gasteiger partial charge in [-0.3, -0.25) is 9.78 Å². The zero-order chi connectivity index (χ0) is 11.5. The summed E-state index contributed by atoms with van der Waals surface area (Å²) in [5, 5.41) is 3.64. The quantitative estimate of drug-likeness (QED) is 0.857. The lowest BCUT2D eigenvalue weighted by atomic mass is 10.1. The van der Waals surface area contributed by atoms with Crippen molar-refractivity contribution < 1.29 is 4.79 Å². The molecule has 82 valence electrons. The number of hydrogen-bond donors (Lipinski definition) is 1. The predicted octanol–water partition coefficient (Wildman–Crippen LogP) is 2.29. The van der Waals surface area contributed by atoms with Crippen LogP contribution in [0, 0.1) is 6.92 Å². The fourth-order valence-corrected chi connectivity index (χ4v) is 1.23. The monoisotopic (exact) mass is 270 g/mol. The van der Waals surface area contributed by atoms with Gasteiger partial charge in [-0.2, -0.15) is 0 Å². The number of alkyl halides is 1. The lowest BCUT2D eigenvalue weighted by Crippen LogP contribution is -2.44. The predicted molar refractivity (Wildman–Crippen MR) is 64.3 cm³/mol. The molecule has 3 nitrogen and oxygen atoms in total. The molecular weight excluding hydrogens is 256 g/mol. The molecule has 0 aromatic carbocycles. The summed E-state index contributed by atoms with van der Waals surface area (Å²) in [6, 6.07) is 1.83. The van der Waals surface area contributed by atoms with Crippen molar-refractivity contribution in [3.8, 4) is 0 Å². The summed E-state index contributed by atoms with van der Waals surface area (Å²) in [4.78, 5) is 15.8. The first-order chi connectivity index (χ1) is 6.94. The fourth-order valence-electron chi connectivity index (χ4n) is 1.09. The van der Waals surface area contributed by atoms with Gasteiger partial charge in [0.1, 0.15) is 0 Å². The highest BCUT2D eigenvalue weighted by atomic mass is 79.9. The maximum atomic E-state index is 11.8. The second-order valence-corrected chi connectivity index (χ2v) is 4.78. The number of aromatic nitrogens is 1. The number of nitrogens with one attached hydrogen (secondary N) is 1. The van der Waals surface area contributed by atoms with Crippen LogP contribution in [0.15, 0.2) is 18.5 Å². The van der Waals surface area contributed by atoms with Crippen LogP contribution in [0.4, 0.5) is 0 Å². The molecule has 0 bridgehead atoms. The molecule has 0 saturated carbocycles. The lowest BCUT2D eigenvalue weighted by molar-refractivity contribution is 0.0921. The molecule has 0 aliphatic heterocycles. The maximum absolute atomic E-state index is 11.8. The SMILES string of the molecule is Cc1cncc(C(=O)NC(C)(C)CBr)c1. The van der Waals surface area contributed by atoms with E-state index in [9.17, 15) is 4.79 Å². The minimum Gasteiger partial charge on any atom is -0.346 e. The van der Waals surface area contributed by atoms with Crippen molar-refractivity contribution in [1.29, 1.82) is 0 Å². The number of aryl methyl sites for hydroxylation is 1. The third-order valence-electron chi connectivity index (χ3n) is 1.92. The van der Waals surface area contributed by atoms with Crippen molar-refractivity contribution >= 4 is 21.8 Å². The highest BCUT2D eigenvalue weighted by Gasteiger charge is 2.19. The second kappa shape index (κ2) is 4.75. The van der Waals surface area contributed by atoms with E-state index in [1.807, 2.05) is 26.8 Å². The summed E-state index contributed by atoms with van der Waals surface area (Å²) >= 11 is 3.36. The van der Waals surface area contributed by atoms with Gasteiger partial charge in [-0.15, -0.1) is 0 Å². The number of halogens is 1. The van der Waals surface area contributed by atoms with Crippen LogP contribution >= 0.6 is 15.9 Å². The van der Waals surface area contributed by atoms with Crippen LogP contribution in [0.25, 0.3) is 0 Å². The Labute approximate surface area is 98.4 Å². The zero-order valence-electron chi connectivity index (χ0n) is 9.17. The van der Waals surface area contributed by atoms with Crippen molar-refractivity contribution in [3.63, 3.8) is 0 Å². The van der Waals surface area contributed by atoms with Crippen molar-refractivity contribution in [2.75, 3.05) is 5.33 Å². The maximum Gasteiger partial charge on any atom is 0.253 e. The Morgan fingerprint density at radius 1 is 1.53 bits per heavy atom. The Balaban J connectivity index is 2.78. The minimum absolute atomic E-state index is 0.0874. The number of nitrogens with zero attached hydrogens (tertiary/aromatic N) is 1. The fraction of sp³-hybridized carbons (Fsp3) is 0.455. The van der Waals surface area contributed by atoms with E-state index in [1.54, 1.807) is 12.4 Å². The number of rotatable bonds is 3. The molecule has 1 aromatic rings. The van der Waals surface area contributed by atoms with Crippen molar-refractivity contribution in [2.24, 2.45) is 0 Å². The Morgan fingerprint density at radius 3 is 2.73 bits per heavy atom. The third-order valence-corrected chi connectivity index (χ3v) is 3.32. The molecule has 0 aliphatic carbocycles. The van der Waals surface area contributed by atoms with E-state index in [4.69, 9.17) is 0 Å². The van der Waals surface area contributed by atoms with Gasteiger partial charge in [0, 0.05) is 23.3 Å². The number of carbonyl (C=O) groups is 1. The molecule has 0 saturated heterocycles. The molecule has 0 radical (unpaired) electrons. The van der Waals surface area contributed by atoms with Gasteiger partial charge in [0.2, 0.25) is 0 Å². The molecule has 1 rings (SSSR count). The molecule has 0 unspecified atom stereocenters. The van der Waals surface area contributed by atoms with Crippen LogP contribution in [0.2, 0.25) is 0 Å². The molecule has 1 heterocycles. The van der Waals surface area contributed by atoms with Crippen LogP contribution in [0.1, 0.15) is 29.8 Å². The van der Waals surface area contributed by atoms with Crippen LogP contribution in [0.5, 0.6) is 0 Å². The first kappa shape index (κ1) is 12.2. The molecule has 15 heavy (non-hydrogen) atoms. The average molecular weight is 271 g/mol. The molecule has 0 atom stereocenters. The summed E-state index contributed by atoms with van der Waals surface area (Å²) in [7, 11) is 0. The summed E-state index contributed by atoms with van der Waals surface area (Å²) in [5.41, 5.74) is 1.34. The average Bonchev–Trinajstić information content (AvgIpc) is 2.17. The number of amides is 1. The second-order valence-electron chi connectivity index (χ2n) is 4.22. The van der Waals surface area contributed by atoms with Gasteiger partial charge in [0.15, 0.2) is 0 Å². The molecule has 0 aliphatic rings. The molecule has 0 spiro atoms. The van der Waals surface area contributed by atoms with E-state index in [0.717, 1.165) is 5.56 Å². The van der Waals surface area contributed by atoms with Crippen LogP contribution < -0.4 is 5.32 Å². The van der Waals surface area contributed by atoms with E-state index in [-0.39, 0.29) is 11.4 Å². The highest BCUT2D eigenvalue weighted by Crippen LogP contribution is 2.08. The molecule has 4 heteroatoms. The zero-order valence-corrected chi connectivity index (χ0v) is 10.8. The van der Waals surface area contributed by atoms with Gasteiger partial charge in [-0.25, -0.2) is 0 Å². The minimum atomic E-state index is -0.249. The van der Waals surface area contributed by atoms with Gasteiger partial charge in [0.25, 0.3) is 5.91 Å². The number of carbonyl (C=O) groups excluding carboxylic acids is 1. The summed E-state index contributed by atoms with van der Waals surface area (Å²) in [6.45, 7) is 5.84. The van der Waals surface area contributed by atoms with E-state index in [0.29, 0.717) is 10.9 Å². The summed E-state index contributed by atoms with van der Waals surface area (Å²) in [6.07, 6.45) is 3.30. The van der Waals surface area contributed by atoms with Gasteiger partial charge < -0.3 is 5.32 Å². The van der Waals surface area contributed by atoms with E-state index < -0.39 is 0 Å². The number of pyridine rings is 1. The normalized spacial score (nSPS) is 11.2. The molecule has 0 fully saturated rings. The third kappa shape index (κ3) is 3.63. The molecule has 1 N–H and O–H groups in total. The summed E-state index contributed by atoms with van der Waals surface area (Å²) in [5.74, 6) is -0.0874. The largest absolute Gasteiger partial charge is 0.346 e. The highest BCUT2D eigenvalue weighted by molar-refractivity contribution is 9.09. The van der Waals surface area contributed by atoms with Gasteiger partial charge >= 0.3 is 0 Å². The standard InChI is InChI=1S/C11H15BrN2O/c1-8-4-9(6-13-5-8)10(15)14-11(2,3)7-12/h4-6H,7H2,1-3H3,(H,14,15). The Bertz CT molecular complexity index is 363. The smallest absolute Gasteiger partial charge is 0.253 e. The lowest BCUT2D eigenvalue weighted by Gasteiger charge is -2.23.